The van der Waals surface area contributed by atoms with Crippen molar-refractivity contribution in [3.8, 4) is 0 Å². The standard InChI is InChI=1S/C15H22O4/c1-9-5-4-6-10(2)8-12-13(11(16)7-9)15(3,18)14(17)19-12/h5,8,11-13,16,18H,4,6-7H2,1-3H3/b9-5-,10-8+/t11-,12+,13-,15-/m0/s1. The Labute approximate surface area is 113 Å². The van der Waals surface area contributed by atoms with Gasteiger partial charge in [0, 0.05) is 0 Å². The van der Waals surface area contributed by atoms with E-state index in [0.29, 0.717) is 6.42 Å². The summed E-state index contributed by atoms with van der Waals surface area (Å²) in [5.74, 6) is -1.26. The molecular formula is C15H22O4. The second-order valence-electron chi connectivity index (χ2n) is 5.92. The maximum atomic E-state index is 11.8. The molecule has 19 heavy (non-hydrogen) atoms. The average Bonchev–Trinajstić information content (AvgIpc) is 2.48. The minimum absolute atomic E-state index is 0.459. The van der Waals surface area contributed by atoms with Gasteiger partial charge in [-0.1, -0.05) is 17.2 Å². The zero-order valence-electron chi connectivity index (χ0n) is 11.7. The lowest BCUT2D eigenvalue weighted by Gasteiger charge is -2.29. The lowest BCUT2D eigenvalue weighted by Crippen LogP contribution is -2.45. The van der Waals surface area contributed by atoms with Crippen LogP contribution < -0.4 is 0 Å². The molecule has 2 N–H and O–H groups in total. The van der Waals surface area contributed by atoms with Crippen molar-refractivity contribution < 1.29 is 19.7 Å². The fourth-order valence-corrected chi connectivity index (χ4v) is 2.95. The summed E-state index contributed by atoms with van der Waals surface area (Å²) < 4.78 is 5.24. The van der Waals surface area contributed by atoms with E-state index >= 15 is 0 Å². The second kappa shape index (κ2) is 5.10. The van der Waals surface area contributed by atoms with Gasteiger partial charge in [-0.15, -0.1) is 0 Å². The summed E-state index contributed by atoms with van der Waals surface area (Å²) in [4.78, 5) is 11.8. The van der Waals surface area contributed by atoms with Crippen molar-refractivity contribution >= 4 is 5.97 Å². The van der Waals surface area contributed by atoms with Crippen LogP contribution in [0, 0.1) is 5.92 Å². The Kier molecular flexibility index (Phi) is 3.83. The quantitative estimate of drug-likeness (QED) is 0.517. The molecule has 0 aromatic rings. The van der Waals surface area contributed by atoms with Gasteiger partial charge in [-0.3, -0.25) is 0 Å². The molecule has 0 amide bonds. The summed E-state index contributed by atoms with van der Waals surface area (Å²) in [5, 5.41) is 20.6. The highest BCUT2D eigenvalue weighted by Crippen LogP contribution is 2.38. The molecule has 4 nitrogen and oxygen atoms in total. The second-order valence-corrected chi connectivity index (χ2v) is 5.92. The number of rotatable bonds is 0. The van der Waals surface area contributed by atoms with Gasteiger partial charge in [0.05, 0.1) is 12.0 Å². The first-order valence-electron chi connectivity index (χ1n) is 6.77. The molecule has 1 heterocycles. The monoisotopic (exact) mass is 266 g/mol. The highest BCUT2D eigenvalue weighted by atomic mass is 16.6. The third-order valence-corrected chi connectivity index (χ3v) is 4.09. The Morgan fingerprint density at radius 1 is 1.37 bits per heavy atom. The Hall–Kier alpha value is -1.13. The number of carbonyl (C=O) groups excluding carboxylic acids is 1. The molecule has 0 saturated carbocycles. The minimum atomic E-state index is -1.62. The number of aliphatic hydroxyl groups excluding tert-OH is 1. The van der Waals surface area contributed by atoms with Crippen LogP contribution in [0.4, 0.5) is 0 Å². The molecule has 1 saturated heterocycles. The third-order valence-electron chi connectivity index (χ3n) is 4.09. The zero-order valence-corrected chi connectivity index (χ0v) is 11.7. The number of esters is 1. The van der Waals surface area contributed by atoms with Crippen LogP contribution in [0.2, 0.25) is 0 Å². The average molecular weight is 266 g/mol. The van der Waals surface area contributed by atoms with Gasteiger partial charge in [0.15, 0.2) is 5.60 Å². The van der Waals surface area contributed by atoms with Crippen molar-refractivity contribution in [2.45, 2.75) is 57.8 Å². The Morgan fingerprint density at radius 3 is 2.74 bits per heavy atom. The number of carbonyl (C=O) groups is 1. The first kappa shape index (κ1) is 14.3. The van der Waals surface area contributed by atoms with E-state index in [1.807, 2.05) is 19.9 Å². The summed E-state index contributed by atoms with van der Waals surface area (Å²) in [6.45, 7) is 5.37. The molecule has 106 valence electrons. The molecule has 1 fully saturated rings. The van der Waals surface area contributed by atoms with Gasteiger partial charge in [-0.25, -0.2) is 4.79 Å². The number of allylic oxidation sites excluding steroid dienone is 2. The van der Waals surface area contributed by atoms with Crippen LogP contribution in [-0.4, -0.2) is 34.0 Å². The molecule has 0 unspecified atom stereocenters. The molecule has 4 heteroatoms. The number of hydrogen-bond donors (Lipinski definition) is 2. The molecule has 0 bridgehead atoms. The van der Waals surface area contributed by atoms with Crippen LogP contribution in [0.3, 0.4) is 0 Å². The summed E-state index contributed by atoms with van der Waals surface area (Å²) in [5.41, 5.74) is 0.565. The van der Waals surface area contributed by atoms with E-state index in [4.69, 9.17) is 4.74 Å². The normalized spacial score (nSPS) is 45.5. The molecular weight excluding hydrogens is 244 g/mol. The van der Waals surface area contributed by atoms with E-state index in [-0.39, 0.29) is 0 Å². The summed E-state index contributed by atoms with van der Waals surface area (Å²) >= 11 is 0. The van der Waals surface area contributed by atoms with Crippen LogP contribution in [-0.2, 0) is 9.53 Å². The van der Waals surface area contributed by atoms with Crippen LogP contribution >= 0.6 is 0 Å². The maximum absolute atomic E-state index is 11.8. The Morgan fingerprint density at radius 2 is 2.05 bits per heavy atom. The lowest BCUT2D eigenvalue weighted by molar-refractivity contribution is -0.154. The maximum Gasteiger partial charge on any atom is 0.338 e. The van der Waals surface area contributed by atoms with E-state index in [1.165, 1.54) is 6.92 Å². The van der Waals surface area contributed by atoms with Crippen LogP contribution in [0.15, 0.2) is 23.3 Å². The number of fused-ring (bicyclic) bond motifs is 1. The van der Waals surface area contributed by atoms with Crippen molar-refractivity contribution in [1.82, 2.24) is 0 Å². The number of aliphatic hydroxyl groups is 2. The molecule has 1 aliphatic carbocycles. The smallest absolute Gasteiger partial charge is 0.338 e. The van der Waals surface area contributed by atoms with Gasteiger partial charge in [0.1, 0.15) is 6.10 Å². The van der Waals surface area contributed by atoms with E-state index in [9.17, 15) is 15.0 Å². The molecule has 0 spiro atoms. The number of hydrogen-bond acceptors (Lipinski definition) is 4. The Balaban J connectivity index is 2.38. The molecule has 0 radical (unpaired) electrons. The first-order chi connectivity index (χ1) is 8.82. The predicted molar refractivity (Wildman–Crippen MR) is 71.4 cm³/mol. The van der Waals surface area contributed by atoms with Crippen LogP contribution in [0.1, 0.15) is 40.0 Å². The molecule has 0 aromatic carbocycles. The lowest BCUT2D eigenvalue weighted by atomic mass is 9.79. The van der Waals surface area contributed by atoms with Gasteiger partial charge >= 0.3 is 5.97 Å². The van der Waals surface area contributed by atoms with Crippen molar-refractivity contribution in [3.63, 3.8) is 0 Å². The minimum Gasteiger partial charge on any atom is -0.455 e. The van der Waals surface area contributed by atoms with Crippen molar-refractivity contribution in [2.75, 3.05) is 0 Å². The third kappa shape index (κ3) is 2.74. The van der Waals surface area contributed by atoms with Crippen molar-refractivity contribution in [2.24, 2.45) is 5.92 Å². The highest BCUT2D eigenvalue weighted by Gasteiger charge is 2.55. The van der Waals surface area contributed by atoms with Gasteiger partial charge < -0.3 is 14.9 Å². The molecule has 1 aliphatic heterocycles. The van der Waals surface area contributed by atoms with Crippen molar-refractivity contribution in [1.29, 1.82) is 0 Å². The fraction of sp³-hybridized carbons (Fsp3) is 0.667. The summed E-state index contributed by atoms with van der Waals surface area (Å²) in [6.07, 6.45) is 4.92. The van der Waals surface area contributed by atoms with Gasteiger partial charge in [0.2, 0.25) is 0 Å². The van der Waals surface area contributed by atoms with Gasteiger partial charge in [-0.05, 0) is 46.1 Å². The van der Waals surface area contributed by atoms with E-state index < -0.39 is 29.7 Å². The van der Waals surface area contributed by atoms with E-state index in [1.54, 1.807) is 0 Å². The fourth-order valence-electron chi connectivity index (χ4n) is 2.95. The summed E-state index contributed by atoms with van der Waals surface area (Å²) in [6, 6.07) is 0. The molecule has 2 aliphatic rings. The first-order valence-corrected chi connectivity index (χ1v) is 6.77. The van der Waals surface area contributed by atoms with E-state index in [2.05, 4.69) is 6.08 Å². The summed E-state index contributed by atoms with van der Waals surface area (Å²) in [7, 11) is 0. The molecule has 0 aromatic heterocycles. The molecule has 4 atom stereocenters. The Bertz CT molecular complexity index is 433. The van der Waals surface area contributed by atoms with Gasteiger partial charge in [0.25, 0.3) is 0 Å². The van der Waals surface area contributed by atoms with Crippen LogP contribution in [0.5, 0.6) is 0 Å². The van der Waals surface area contributed by atoms with Crippen LogP contribution in [0.25, 0.3) is 0 Å². The highest BCUT2D eigenvalue weighted by molar-refractivity contribution is 5.82. The number of ether oxygens (including phenoxy) is 1. The van der Waals surface area contributed by atoms with Gasteiger partial charge in [-0.2, -0.15) is 0 Å². The SMILES string of the molecule is C/C1=C/CC/C(C)=C/[C@H]2OC(=O)[C@@](C)(O)[C@H]2[C@@H](O)C1. The van der Waals surface area contributed by atoms with E-state index in [0.717, 1.165) is 24.0 Å². The van der Waals surface area contributed by atoms with Crippen molar-refractivity contribution in [3.05, 3.63) is 23.3 Å². The largest absolute Gasteiger partial charge is 0.455 e. The molecule has 2 rings (SSSR count). The topological polar surface area (TPSA) is 66.8 Å². The predicted octanol–water partition coefficient (Wildman–Crippen LogP) is 1.72. The zero-order chi connectivity index (χ0) is 14.2.